The van der Waals surface area contributed by atoms with Gasteiger partial charge in [-0.2, -0.15) is 5.10 Å². The summed E-state index contributed by atoms with van der Waals surface area (Å²) < 4.78 is 2.73. The van der Waals surface area contributed by atoms with Gasteiger partial charge in [0.05, 0.1) is 11.8 Å². The molecule has 2 aromatic heterocycles. The fourth-order valence-corrected chi connectivity index (χ4v) is 2.74. The van der Waals surface area contributed by atoms with Crippen LogP contribution >= 0.6 is 27.3 Å². The predicted octanol–water partition coefficient (Wildman–Crippen LogP) is 3.45. The van der Waals surface area contributed by atoms with Gasteiger partial charge in [0, 0.05) is 27.5 Å². The summed E-state index contributed by atoms with van der Waals surface area (Å²) >= 11 is 4.97. The number of allylic oxidation sites excluding steroid dienone is 1. The Morgan fingerprint density at radius 2 is 2.35 bits per heavy atom. The number of hydrogen-bond acceptors (Lipinski definition) is 3. The number of ketones is 1. The first-order valence-electron chi connectivity index (χ1n) is 5.03. The van der Waals surface area contributed by atoms with E-state index in [2.05, 4.69) is 21.0 Å². The molecule has 0 aliphatic heterocycles. The molecule has 0 aromatic carbocycles. The van der Waals surface area contributed by atoms with Gasteiger partial charge in [-0.25, -0.2) is 0 Å². The van der Waals surface area contributed by atoms with Gasteiger partial charge in [0.25, 0.3) is 0 Å². The Bertz CT molecular complexity index is 583. The average Bonchev–Trinajstić information content (AvgIpc) is 2.84. The number of halogens is 1. The van der Waals surface area contributed by atoms with Crippen LogP contribution in [0.25, 0.3) is 6.08 Å². The molecule has 0 atom stereocenters. The van der Waals surface area contributed by atoms with Gasteiger partial charge in [0.15, 0.2) is 5.78 Å². The zero-order chi connectivity index (χ0) is 12.4. The topological polar surface area (TPSA) is 34.9 Å². The normalized spacial score (nSPS) is 11.2. The molecule has 0 fully saturated rings. The molecule has 3 nitrogen and oxygen atoms in total. The molecule has 0 radical (unpaired) electrons. The third-order valence-corrected chi connectivity index (χ3v) is 4.15. The second kappa shape index (κ2) is 4.98. The third-order valence-electron chi connectivity index (χ3n) is 2.49. The molecule has 0 bridgehead atoms. The highest BCUT2D eigenvalue weighted by molar-refractivity contribution is 9.10. The van der Waals surface area contributed by atoms with Crippen LogP contribution in [0.5, 0.6) is 0 Å². The van der Waals surface area contributed by atoms with E-state index in [0.29, 0.717) is 5.56 Å². The summed E-state index contributed by atoms with van der Waals surface area (Å²) in [6.07, 6.45) is 5.01. The zero-order valence-electron chi connectivity index (χ0n) is 9.48. The van der Waals surface area contributed by atoms with E-state index in [1.807, 2.05) is 31.5 Å². The number of thiophene rings is 1. The van der Waals surface area contributed by atoms with Crippen LogP contribution in [0.3, 0.4) is 0 Å². The van der Waals surface area contributed by atoms with E-state index in [-0.39, 0.29) is 5.78 Å². The first kappa shape index (κ1) is 12.3. The van der Waals surface area contributed by atoms with Crippen molar-refractivity contribution in [2.45, 2.75) is 6.92 Å². The molecular weight excluding hydrogens is 300 g/mol. The van der Waals surface area contributed by atoms with Crippen molar-refractivity contribution in [3.8, 4) is 0 Å². The minimum Gasteiger partial charge on any atom is -0.289 e. The Morgan fingerprint density at radius 1 is 1.59 bits per heavy atom. The first-order valence-corrected chi connectivity index (χ1v) is 6.70. The standard InChI is InChI=1S/C12H11BrN2OS/c1-8-11(6-14-15(8)2)12(16)4-3-10-5-9(13)7-17-10/h3-7H,1-2H3/b4-3+. The minimum absolute atomic E-state index is 0.0138. The van der Waals surface area contributed by atoms with Crippen molar-refractivity contribution in [1.29, 1.82) is 0 Å². The Labute approximate surface area is 112 Å². The molecule has 2 heterocycles. The van der Waals surface area contributed by atoms with Crippen LogP contribution in [0.2, 0.25) is 0 Å². The van der Waals surface area contributed by atoms with E-state index < -0.39 is 0 Å². The van der Waals surface area contributed by atoms with E-state index in [4.69, 9.17) is 0 Å². The molecule has 2 aromatic rings. The van der Waals surface area contributed by atoms with Gasteiger partial charge in [0.1, 0.15) is 0 Å². The van der Waals surface area contributed by atoms with Crippen LogP contribution in [0.1, 0.15) is 20.9 Å². The summed E-state index contributed by atoms with van der Waals surface area (Å²) in [7, 11) is 1.83. The Balaban J connectivity index is 2.17. The maximum absolute atomic E-state index is 11.9. The van der Waals surface area contributed by atoms with Crippen LogP contribution < -0.4 is 0 Å². The van der Waals surface area contributed by atoms with Gasteiger partial charge < -0.3 is 0 Å². The highest BCUT2D eigenvalue weighted by Crippen LogP contribution is 2.21. The Morgan fingerprint density at radius 3 is 2.88 bits per heavy atom. The van der Waals surface area contributed by atoms with Gasteiger partial charge in [0.2, 0.25) is 0 Å². The summed E-state index contributed by atoms with van der Waals surface area (Å²) in [6.45, 7) is 1.88. The number of rotatable bonds is 3. The van der Waals surface area contributed by atoms with E-state index in [1.165, 1.54) is 0 Å². The van der Waals surface area contributed by atoms with Crippen LogP contribution in [-0.4, -0.2) is 15.6 Å². The maximum atomic E-state index is 11.9. The van der Waals surface area contributed by atoms with Crippen molar-refractivity contribution >= 4 is 39.1 Å². The summed E-state index contributed by atoms with van der Waals surface area (Å²) in [5.74, 6) is -0.0138. The highest BCUT2D eigenvalue weighted by Gasteiger charge is 2.09. The lowest BCUT2D eigenvalue weighted by molar-refractivity contribution is 0.104. The summed E-state index contributed by atoms with van der Waals surface area (Å²) in [5, 5.41) is 6.04. The molecule has 0 saturated carbocycles. The zero-order valence-corrected chi connectivity index (χ0v) is 11.9. The monoisotopic (exact) mass is 310 g/mol. The van der Waals surface area contributed by atoms with E-state index in [9.17, 15) is 4.79 Å². The van der Waals surface area contributed by atoms with Crippen molar-refractivity contribution in [2.24, 2.45) is 7.05 Å². The van der Waals surface area contributed by atoms with Crippen molar-refractivity contribution in [3.63, 3.8) is 0 Å². The van der Waals surface area contributed by atoms with Crippen molar-refractivity contribution in [1.82, 2.24) is 9.78 Å². The van der Waals surface area contributed by atoms with Crippen molar-refractivity contribution in [3.05, 3.63) is 44.3 Å². The molecule has 0 spiro atoms. The highest BCUT2D eigenvalue weighted by atomic mass is 79.9. The van der Waals surface area contributed by atoms with Crippen LogP contribution in [0.15, 0.2) is 28.2 Å². The number of aromatic nitrogens is 2. The molecule has 0 saturated heterocycles. The van der Waals surface area contributed by atoms with Gasteiger partial charge in [-0.15, -0.1) is 11.3 Å². The van der Waals surface area contributed by atoms with E-state index in [0.717, 1.165) is 15.0 Å². The SMILES string of the molecule is Cc1c(C(=O)/C=C/c2cc(Br)cs2)cnn1C. The van der Waals surface area contributed by atoms with Crippen LogP contribution in [0, 0.1) is 6.92 Å². The van der Waals surface area contributed by atoms with Gasteiger partial charge in [-0.05, 0) is 41.1 Å². The molecule has 0 N–H and O–H groups in total. The lowest BCUT2D eigenvalue weighted by atomic mass is 10.1. The first-order chi connectivity index (χ1) is 8.08. The number of nitrogens with zero attached hydrogens (tertiary/aromatic N) is 2. The van der Waals surface area contributed by atoms with E-state index in [1.54, 1.807) is 28.3 Å². The fourth-order valence-electron chi connectivity index (χ4n) is 1.40. The average molecular weight is 311 g/mol. The maximum Gasteiger partial charge on any atom is 0.189 e. The summed E-state index contributed by atoms with van der Waals surface area (Å²) in [6, 6.07) is 1.98. The smallest absolute Gasteiger partial charge is 0.189 e. The fraction of sp³-hybridized carbons (Fsp3) is 0.167. The molecule has 0 unspecified atom stereocenters. The van der Waals surface area contributed by atoms with Crippen molar-refractivity contribution in [2.75, 3.05) is 0 Å². The van der Waals surface area contributed by atoms with Crippen molar-refractivity contribution < 1.29 is 4.79 Å². The predicted molar refractivity (Wildman–Crippen MR) is 73.3 cm³/mol. The van der Waals surface area contributed by atoms with Gasteiger partial charge in [-0.1, -0.05) is 0 Å². The molecule has 0 aliphatic rings. The van der Waals surface area contributed by atoms with Crippen LogP contribution in [0.4, 0.5) is 0 Å². The summed E-state index contributed by atoms with van der Waals surface area (Å²) in [5.41, 5.74) is 1.53. The third kappa shape index (κ3) is 2.73. The lowest BCUT2D eigenvalue weighted by Crippen LogP contribution is -1.98. The largest absolute Gasteiger partial charge is 0.289 e. The minimum atomic E-state index is -0.0138. The molecular formula is C12H11BrN2OS. The van der Waals surface area contributed by atoms with Gasteiger partial charge in [-0.3, -0.25) is 9.48 Å². The molecule has 0 aliphatic carbocycles. The second-order valence-corrected chi connectivity index (χ2v) is 5.49. The van der Waals surface area contributed by atoms with Gasteiger partial charge >= 0.3 is 0 Å². The molecule has 88 valence electrons. The molecule has 2 rings (SSSR count). The second-order valence-electron chi connectivity index (χ2n) is 3.63. The molecule has 0 amide bonds. The Kier molecular flexibility index (Phi) is 3.59. The molecule has 5 heteroatoms. The number of carbonyl (C=O) groups is 1. The Hall–Kier alpha value is -1.20. The molecule has 17 heavy (non-hydrogen) atoms. The quantitative estimate of drug-likeness (QED) is 0.643. The number of hydrogen-bond donors (Lipinski definition) is 0. The van der Waals surface area contributed by atoms with Crippen LogP contribution in [-0.2, 0) is 7.05 Å². The van der Waals surface area contributed by atoms with E-state index >= 15 is 0 Å². The number of carbonyl (C=O) groups excluding carboxylic acids is 1. The summed E-state index contributed by atoms with van der Waals surface area (Å²) in [4.78, 5) is 13.0. The lowest BCUT2D eigenvalue weighted by Gasteiger charge is -1.95. The number of aryl methyl sites for hydroxylation is 1.